The van der Waals surface area contributed by atoms with Gasteiger partial charge in [0.05, 0.1) is 12.8 Å². The molecule has 2 aromatic rings. The van der Waals surface area contributed by atoms with Crippen LogP contribution in [0.5, 0.6) is 5.75 Å². The second-order valence-corrected chi connectivity index (χ2v) is 5.54. The first-order valence-electron chi connectivity index (χ1n) is 7.01. The molecule has 0 radical (unpaired) electrons. The van der Waals surface area contributed by atoms with E-state index in [2.05, 4.69) is 33.4 Å². The van der Waals surface area contributed by atoms with Crippen LogP contribution in [-0.4, -0.2) is 18.7 Å². The van der Waals surface area contributed by atoms with Gasteiger partial charge in [0.1, 0.15) is 5.75 Å². The number of amides is 1. The van der Waals surface area contributed by atoms with Crippen LogP contribution in [0, 0.1) is 0 Å². The summed E-state index contributed by atoms with van der Waals surface area (Å²) in [5, 5.41) is 3.96. The summed E-state index contributed by atoms with van der Waals surface area (Å²) < 4.78 is 6.43. The van der Waals surface area contributed by atoms with Crippen LogP contribution >= 0.6 is 15.9 Å². The highest BCUT2D eigenvalue weighted by atomic mass is 79.9. The van der Waals surface area contributed by atoms with Crippen molar-refractivity contribution in [3.8, 4) is 5.75 Å². The van der Waals surface area contributed by atoms with Crippen LogP contribution in [0.15, 0.2) is 58.1 Å². The van der Waals surface area contributed by atoms with Gasteiger partial charge in [0.2, 0.25) is 0 Å². The summed E-state index contributed by atoms with van der Waals surface area (Å²) in [4.78, 5) is 11.9. The Labute approximate surface area is 138 Å². The SMILES string of the molecule is CCCOc1ccc(/C=N/NC(=O)c2ccc(Br)cc2)cc1. The number of nitrogens with zero attached hydrogens (tertiary/aromatic N) is 1. The molecular weight excluding hydrogens is 344 g/mol. The van der Waals surface area contributed by atoms with Crippen molar-refractivity contribution >= 4 is 28.1 Å². The van der Waals surface area contributed by atoms with E-state index in [1.54, 1.807) is 18.3 Å². The van der Waals surface area contributed by atoms with Crippen molar-refractivity contribution in [2.24, 2.45) is 5.10 Å². The lowest BCUT2D eigenvalue weighted by Gasteiger charge is -2.04. The summed E-state index contributed by atoms with van der Waals surface area (Å²) >= 11 is 3.33. The first-order valence-corrected chi connectivity index (χ1v) is 7.80. The van der Waals surface area contributed by atoms with Gasteiger partial charge in [-0.3, -0.25) is 4.79 Å². The average Bonchev–Trinajstić information content (AvgIpc) is 2.54. The van der Waals surface area contributed by atoms with E-state index in [9.17, 15) is 4.79 Å². The van der Waals surface area contributed by atoms with Gasteiger partial charge < -0.3 is 4.74 Å². The molecule has 0 aromatic heterocycles. The predicted octanol–water partition coefficient (Wildman–Crippen LogP) is 4.00. The molecule has 1 amide bonds. The molecule has 0 bridgehead atoms. The molecule has 2 rings (SSSR count). The van der Waals surface area contributed by atoms with Gasteiger partial charge in [0, 0.05) is 10.0 Å². The topological polar surface area (TPSA) is 50.7 Å². The van der Waals surface area contributed by atoms with Crippen LogP contribution in [0.1, 0.15) is 29.3 Å². The monoisotopic (exact) mass is 360 g/mol. The van der Waals surface area contributed by atoms with E-state index in [1.807, 2.05) is 36.4 Å². The Morgan fingerprint density at radius 3 is 2.50 bits per heavy atom. The molecule has 0 atom stereocenters. The maximum absolute atomic E-state index is 11.9. The second-order valence-electron chi connectivity index (χ2n) is 4.62. The van der Waals surface area contributed by atoms with Crippen molar-refractivity contribution < 1.29 is 9.53 Å². The molecule has 0 spiro atoms. The summed E-state index contributed by atoms with van der Waals surface area (Å²) in [6.07, 6.45) is 2.58. The normalized spacial score (nSPS) is 10.6. The van der Waals surface area contributed by atoms with Crippen molar-refractivity contribution in [1.29, 1.82) is 0 Å². The molecule has 0 aliphatic rings. The lowest BCUT2D eigenvalue weighted by Crippen LogP contribution is -2.17. The van der Waals surface area contributed by atoms with E-state index in [0.717, 1.165) is 22.2 Å². The molecule has 0 aliphatic carbocycles. The zero-order valence-electron chi connectivity index (χ0n) is 12.3. The third kappa shape index (κ3) is 5.00. The van der Waals surface area contributed by atoms with Gasteiger partial charge >= 0.3 is 0 Å². The molecule has 0 unspecified atom stereocenters. The lowest BCUT2D eigenvalue weighted by molar-refractivity contribution is 0.0955. The summed E-state index contributed by atoms with van der Waals surface area (Å²) in [6, 6.07) is 14.6. The lowest BCUT2D eigenvalue weighted by atomic mass is 10.2. The first kappa shape index (κ1) is 16.2. The van der Waals surface area contributed by atoms with Crippen LogP contribution in [0.25, 0.3) is 0 Å². The highest BCUT2D eigenvalue weighted by Crippen LogP contribution is 2.12. The smallest absolute Gasteiger partial charge is 0.271 e. The molecule has 4 nitrogen and oxygen atoms in total. The fourth-order valence-electron chi connectivity index (χ4n) is 1.70. The minimum atomic E-state index is -0.244. The zero-order valence-corrected chi connectivity index (χ0v) is 13.8. The Kier molecular flexibility index (Phi) is 6.15. The fraction of sp³-hybridized carbons (Fsp3) is 0.176. The third-order valence-corrected chi connectivity index (χ3v) is 3.37. The van der Waals surface area contributed by atoms with Crippen molar-refractivity contribution in [3.63, 3.8) is 0 Å². The van der Waals surface area contributed by atoms with Crippen molar-refractivity contribution in [3.05, 3.63) is 64.1 Å². The third-order valence-electron chi connectivity index (χ3n) is 2.84. The zero-order chi connectivity index (χ0) is 15.8. The van der Waals surface area contributed by atoms with E-state index in [-0.39, 0.29) is 5.91 Å². The minimum absolute atomic E-state index is 0.244. The number of carbonyl (C=O) groups is 1. The number of hydrogen-bond acceptors (Lipinski definition) is 3. The van der Waals surface area contributed by atoms with Crippen LogP contribution in [0.3, 0.4) is 0 Å². The van der Waals surface area contributed by atoms with Crippen LogP contribution in [0.2, 0.25) is 0 Å². The summed E-state index contributed by atoms with van der Waals surface area (Å²) in [7, 11) is 0. The maximum Gasteiger partial charge on any atom is 0.271 e. The van der Waals surface area contributed by atoms with Gasteiger partial charge in [0.15, 0.2) is 0 Å². The van der Waals surface area contributed by atoms with Crippen LogP contribution in [0.4, 0.5) is 0 Å². The number of ether oxygens (including phenoxy) is 1. The second kappa shape index (κ2) is 8.34. The number of hydrazone groups is 1. The van der Waals surface area contributed by atoms with Crippen molar-refractivity contribution in [1.82, 2.24) is 5.43 Å². The molecule has 1 N–H and O–H groups in total. The molecule has 0 fully saturated rings. The summed E-state index contributed by atoms with van der Waals surface area (Å²) in [5.74, 6) is 0.588. The Morgan fingerprint density at radius 2 is 1.86 bits per heavy atom. The number of halogens is 1. The Bertz CT molecular complexity index is 637. The number of benzene rings is 2. The number of rotatable bonds is 6. The number of carbonyl (C=O) groups excluding carboxylic acids is 1. The average molecular weight is 361 g/mol. The van der Waals surface area contributed by atoms with Gasteiger partial charge in [-0.05, 0) is 60.5 Å². The predicted molar refractivity (Wildman–Crippen MR) is 91.4 cm³/mol. The van der Waals surface area contributed by atoms with E-state index in [1.165, 1.54) is 0 Å². The summed E-state index contributed by atoms with van der Waals surface area (Å²) in [6.45, 7) is 2.77. The van der Waals surface area contributed by atoms with E-state index in [0.29, 0.717) is 12.2 Å². The van der Waals surface area contributed by atoms with Gasteiger partial charge in [-0.15, -0.1) is 0 Å². The first-order chi connectivity index (χ1) is 10.7. The number of hydrogen-bond donors (Lipinski definition) is 1. The molecule has 5 heteroatoms. The Hall–Kier alpha value is -2.14. The largest absolute Gasteiger partial charge is 0.494 e. The van der Waals surface area contributed by atoms with E-state index < -0.39 is 0 Å². The molecule has 22 heavy (non-hydrogen) atoms. The van der Waals surface area contributed by atoms with Crippen LogP contribution in [-0.2, 0) is 0 Å². The molecule has 0 heterocycles. The van der Waals surface area contributed by atoms with E-state index >= 15 is 0 Å². The molecule has 114 valence electrons. The fourth-order valence-corrected chi connectivity index (χ4v) is 1.97. The highest BCUT2D eigenvalue weighted by Gasteiger charge is 2.02. The number of nitrogens with one attached hydrogen (secondary N) is 1. The molecule has 0 saturated carbocycles. The molecular formula is C17H17BrN2O2. The molecule has 2 aromatic carbocycles. The van der Waals surface area contributed by atoms with Crippen molar-refractivity contribution in [2.45, 2.75) is 13.3 Å². The standard InChI is InChI=1S/C17H17BrN2O2/c1-2-11-22-16-9-3-13(4-10-16)12-19-20-17(21)14-5-7-15(18)8-6-14/h3-10,12H,2,11H2,1H3,(H,20,21)/b19-12+. The molecule has 0 saturated heterocycles. The van der Waals surface area contributed by atoms with Gasteiger partial charge in [-0.2, -0.15) is 5.10 Å². The van der Waals surface area contributed by atoms with Gasteiger partial charge in [-0.25, -0.2) is 5.43 Å². The minimum Gasteiger partial charge on any atom is -0.494 e. The quantitative estimate of drug-likeness (QED) is 0.625. The van der Waals surface area contributed by atoms with Gasteiger partial charge in [-0.1, -0.05) is 22.9 Å². The van der Waals surface area contributed by atoms with Gasteiger partial charge in [0.25, 0.3) is 5.91 Å². The van der Waals surface area contributed by atoms with Crippen molar-refractivity contribution in [2.75, 3.05) is 6.61 Å². The summed E-state index contributed by atoms with van der Waals surface area (Å²) in [5.41, 5.74) is 3.95. The maximum atomic E-state index is 11.9. The Balaban J connectivity index is 1.89. The Morgan fingerprint density at radius 1 is 1.18 bits per heavy atom. The van der Waals surface area contributed by atoms with E-state index in [4.69, 9.17) is 4.74 Å². The van der Waals surface area contributed by atoms with Crippen LogP contribution < -0.4 is 10.2 Å². The molecule has 0 aliphatic heterocycles. The highest BCUT2D eigenvalue weighted by molar-refractivity contribution is 9.10.